The van der Waals surface area contributed by atoms with E-state index in [9.17, 15) is 4.79 Å². The SMILES string of the molecule is CCCN(CCO)C(=O)NC1CCN(c2ncccc2Cl)C1. The van der Waals surface area contributed by atoms with E-state index < -0.39 is 0 Å². The summed E-state index contributed by atoms with van der Waals surface area (Å²) >= 11 is 6.16. The zero-order valence-electron chi connectivity index (χ0n) is 12.8. The van der Waals surface area contributed by atoms with Crippen LogP contribution in [-0.4, -0.2) is 59.8 Å². The molecule has 122 valence electrons. The molecule has 2 amide bonds. The highest BCUT2D eigenvalue weighted by Gasteiger charge is 2.27. The van der Waals surface area contributed by atoms with Gasteiger partial charge in [0.2, 0.25) is 0 Å². The average Bonchev–Trinajstić information content (AvgIpc) is 2.95. The van der Waals surface area contributed by atoms with E-state index >= 15 is 0 Å². The number of amides is 2. The number of pyridine rings is 1. The van der Waals surface area contributed by atoms with Crippen LogP contribution in [0.2, 0.25) is 5.02 Å². The Balaban J connectivity index is 1.90. The van der Waals surface area contributed by atoms with Gasteiger partial charge >= 0.3 is 6.03 Å². The highest BCUT2D eigenvalue weighted by Crippen LogP contribution is 2.25. The molecule has 0 radical (unpaired) electrons. The van der Waals surface area contributed by atoms with Gasteiger partial charge in [-0.15, -0.1) is 0 Å². The van der Waals surface area contributed by atoms with E-state index in [0.717, 1.165) is 25.2 Å². The molecular weight excluding hydrogens is 304 g/mol. The normalized spacial score (nSPS) is 17.6. The van der Waals surface area contributed by atoms with Gasteiger partial charge in [-0.25, -0.2) is 9.78 Å². The first kappa shape index (κ1) is 16.8. The van der Waals surface area contributed by atoms with Gasteiger partial charge in [-0.3, -0.25) is 0 Å². The minimum atomic E-state index is -0.116. The van der Waals surface area contributed by atoms with Gasteiger partial charge in [-0.1, -0.05) is 18.5 Å². The Labute approximate surface area is 136 Å². The molecule has 1 saturated heterocycles. The standard InChI is InChI=1S/C15H23ClN4O2/c1-2-7-19(9-10-21)15(22)18-12-5-8-20(11-12)14-13(16)4-3-6-17-14/h3-4,6,12,21H,2,5,7-11H2,1H3,(H,18,22). The molecule has 6 nitrogen and oxygen atoms in total. The maximum Gasteiger partial charge on any atom is 0.317 e. The number of nitrogens with zero attached hydrogens (tertiary/aromatic N) is 3. The van der Waals surface area contributed by atoms with Crippen LogP contribution < -0.4 is 10.2 Å². The lowest BCUT2D eigenvalue weighted by atomic mass is 10.3. The van der Waals surface area contributed by atoms with E-state index in [1.54, 1.807) is 17.2 Å². The lowest BCUT2D eigenvalue weighted by Gasteiger charge is -2.24. The van der Waals surface area contributed by atoms with Crippen molar-refractivity contribution < 1.29 is 9.90 Å². The van der Waals surface area contributed by atoms with Crippen molar-refractivity contribution in [2.75, 3.05) is 37.7 Å². The second kappa shape index (κ2) is 8.19. The quantitative estimate of drug-likeness (QED) is 0.835. The monoisotopic (exact) mass is 326 g/mol. The number of aliphatic hydroxyl groups excluding tert-OH is 1. The zero-order valence-corrected chi connectivity index (χ0v) is 13.6. The molecule has 1 aliphatic heterocycles. The maximum absolute atomic E-state index is 12.2. The number of anilines is 1. The molecule has 1 aromatic rings. The van der Waals surface area contributed by atoms with Crippen molar-refractivity contribution in [1.82, 2.24) is 15.2 Å². The largest absolute Gasteiger partial charge is 0.395 e. The van der Waals surface area contributed by atoms with Gasteiger partial charge in [-0.2, -0.15) is 0 Å². The fraction of sp³-hybridized carbons (Fsp3) is 0.600. The van der Waals surface area contributed by atoms with Crippen LogP contribution in [0.25, 0.3) is 0 Å². The first-order valence-electron chi connectivity index (χ1n) is 7.67. The summed E-state index contributed by atoms with van der Waals surface area (Å²) in [5.41, 5.74) is 0. The third-order valence-corrected chi connectivity index (χ3v) is 4.00. The summed E-state index contributed by atoms with van der Waals surface area (Å²) in [6.45, 7) is 4.51. The number of halogens is 1. The van der Waals surface area contributed by atoms with Gasteiger partial charge < -0.3 is 20.2 Å². The van der Waals surface area contributed by atoms with Crippen molar-refractivity contribution in [3.05, 3.63) is 23.4 Å². The minimum Gasteiger partial charge on any atom is -0.395 e. The van der Waals surface area contributed by atoms with Crippen molar-refractivity contribution in [3.8, 4) is 0 Å². The lowest BCUT2D eigenvalue weighted by molar-refractivity contribution is 0.174. The Bertz CT molecular complexity index is 494. The molecule has 0 bridgehead atoms. The van der Waals surface area contributed by atoms with Gasteiger partial charge in [0.15, 0.2) is 0 Å². The van der Waals surface area contributed by atoms with Gasteiger partial charge in [0.05, 0.1) is 11.6 Å². The number of nitrogens with one attached hydrogen (secondary N) is 1. The number of hydrogen-bond donors (Lipinski definition) is 2. The van der Waals surface area contributed by atoms with Crippen molar-refractivity contribution in [3.63, 3.8) is 0 Å². The van der Waals surface area contributed by atoms with Crippen molar-refractivity contribution in [2.24, 2.45) is 0 Å². The third-order valence-electron chi connectivity index (χ3n) is 3.71. The first-order chi connectivity index (χ1) is 10.7. The first-order valence-corrected chi connectivity index (χ1v) is 8.05. The molecule has 7 heteroatoms. The molecule has 0 aliphatic carbocycles. The summed E-state index contributed by atoms with van der Waals surface area (Å²) in [5, 5.41) is 12.7. The molecule has 2 heterocycles. The van der Waals surface area contributed by atoms with Crippen LogP contribution in [0.15, 0.2) is 18.3 Å². The Morgan fingerprint density at radius 1 is 1.59 bits per heavy atom. The summed E-state index contributed by atoms with van der Waals surface area (Å²) in [5.74, 6) is 0.765. The smallest absolute Gasteiger partial charge is 0.317 e. The lowest BCUT2D eigenvalue weighted by Crippen LogP contribution is -2.47. The van der Waals surface area contributed by atoms with Crippen LogP contribution in [0.3, 0.4) is 0 Å². The fourth-order valence-corrected chi connectivity index (χ4v) is 2.89. The van der Waals surface area contributed by atoms with E-state index in [1.165, 1.54) is 0 Å². The Morgan fingerprint density at radius 3 is 3.09 bits per heavy atom. The number of aromatic nitrogens is 1. The van der Waals surface area contributed by atoms with Crippen LogP contribution in [-0.2, 0) is 0 Å². The number of urea groups is 1. The average molecular weight is 327 g/mol. The molecule has 1 aromatic heterocycles. The van der Waals surface area contributed by atoms with E-state index in [4.69, 9.17) is 16.7 Å². The molecule has 0 aromatic carbocycles. The van der Waals surface area contributed by atoms with Crippen molar-refractivity contribution in [1.29, 1.82) is 0 Å². The van der Waals surface area contributed by atoms with Crippen LogP contribution in [0.1, 0.15) is 19.8 Å². The fourth-order valence-electron chi connectivity index (χ4n) is 2.65. The molecule has 22 heavy (non-hydrogen) atoms. The predicted octanol–water partition coefficient (Wildman–Crippen LogP) is 1.73. The maximum atomic E-state index is 12.2. The Kier molecular flexibility index (Phi) is 6.27. The number of hydrogen-bond acceptors (Lipinski definition) is 4. The van der Waals surface area contributed by atoms with Gasteiger partial charge in [0.1, 0.15) is 5.82 Å². The zero-order chi connectivity index (χ0) is 15.9. The van der Waals surface area contributed by atoms with Crippen LogP contribution in [0.5, 0.6) is 0 Å². The van der Waals surface area contributed by atoms with Crippen LogP contribution in [0.4, 0.5) is 10.6 Å². The van der Waals surface area contributed by atoms with Crippen molar-refractivity contribution in [2.45, 2.75) is 25.8 Å². The van der Waals surface area contributed by atoms with Crippen LogP contribution in [0, 0.1) is 0 Å². The second-order valence-corrected chi connectivity index (χ2v) is 5.81. The second-order valence-electron chi connectivity index (χ2n) is 5.40. The predicted molar refractivity (Wildman–Crippen MR) is 87.3 cm³/mol. The summed E-state index contributed by atoms with van der Waals surface area (Å²) in [4.78, 5) is 20.3. The molecule has 1 aliphatic rings. The molecule has 0 saturated carbocycles. The van der Waals surface area contributed by atoms with Gasteiger partial charge in [0.25, 0.3) is 0 Å². The summed E-state index contributed by atoms with van der Waals surface area (Å²) in [7, 11) is 0. The van der Waals surface area contributed by atoms with E-state index in [0.29, 0.717) is 24.7 Å². The van der Waals surface area contributed by atoms with E-state index in [1.807, 2.05) is 13.0 Å². The highest BCUT2D eigenvalue weighted by atomic mass is 35.5. The number of carbonyl (C=O) groups is 1. The van der Waals surface area contributed by atoms with Crippen molar-refractivity contribution >= 4 is 23.4 Å². The number of carbonyl (C=O) groups excluding carboxylic acids is 1. The molecule has 1 fully saturated rings. The summed E-state index contributed by atoms with van der Waals surface area (Å²) in [6.07, 6.45) is 3.45. The Hall–Kier alpha value is -1.53. The van der Waals surface area contributed by atoms with Gasteiger partial charge in [0, 0.05) is 38.4 Å². The van der Waals surface area contributed by atoms with Gasteiger partial charge in [-0.05, 0) is 25.0 Å². The number of aliphatic hydroxyl groups is 1. The topological polar surface area (TPSA) is 68.7 Å². The summed E-state index contributed by atoms with van der Waals surface area (Å²) in [6, 6.07) is 3.58. The molecule has 1 unspecified atom stereocenters. The molecule has 2 rings (SSSR count). The molecular formula is C15H23ClN4O2. The van der Waals surface area contributed by atoms with Crippen LogP contribution >= 0.6 is 11.6 Å². The van der Waals surface area contributed by atoms with E-state index in [-0.39, 0.29) is 18.7 Å². The third kappa shape index (κ3) is 4.24. The Morgan fingerprint density at radius 2 is 2.41 bits per heavy atom. The number of rotatable bonds is 6. The molecule has 1 atom stereocenters. The van der Waals surface area contributed by atoms with E-state index in [2.05, 4.69) is 15.2 Å². The molecule has 0 spiro atoms. The summed E-state index contributed by atoms with van der Waals surface area (Å²) < 4.78 is 0. The minimum absolute atomic E-state index is 0.0201. The highest BCUT2D eigenvalue weighted by molar-refractivity contribution is 6.32. The molecule has 2 N–H and O–H groups in total.